The van der Waals surface area contributed by atoms with E-state index in [0.717, 1.165) is 44.5 Å². The minimum absolute atomic E-state index is 0.815. The molecule has 4 heterocycles. The summed E-state index contributed by atoms with van der Waals surface area (Å²) < 4.78 is 0. The predicted octanol–water partition coefficient (Wildman–Crippen LogP) is 4.91. The van der Waals surface area contributed by atoms with E-state index >= 15 is 0 Å². The molecule has 0 aliphatic carbocycles. The second-order valence-corrected chi connectivity index (χ2v) is 6.03. The number of nitrogens with zero attached hydrogens (tertiary/aromatic N) is 4. The van der Waals surface area contributed by atoms with Crippen molar-refractivity contribution in [1.82, 2.24) is 19.9 Å². The molecule has 26 heavy (non-hydrogen) atoms. The number of fused-ring (bicyclic) bond motifs is 3. The molecule has 0 saturated carbocycles. The minimum Gasteiger partial charge on any atom is -0.256 e. The van der Waals surface area contributed by atoms with Crippen molar-refractivity contribution in [2.75, 3.05) is 0 Å². The molecule has 0 bridgehead atoms. The lowest BCUT2D eigenvalue weighted by molar-refractivity contribution is 1.26. The lowest BCUT2D eigenvalue weighted by atomic mass is 10.0. The molecule has 0 radical (unpaired) electrons. The van der Waals surface area contributed by atoms with Crippen molar-refractivity contribution >= 4 is 21.8 Å². The van der Waals surface area contributed by atoms with Crippen LogP contribution in [-0.4, -0.2) is 19.9 Å². The fourth-order valence-corrected chi connectivity index (χ4v) is 3.19. The molecule has 0 amide bonds. The molecule has 0 spiro atoms. The standard InChI is InChI=1S/C22H14N4/c1-3-11-23-18(7-1)17-14-16-10-9-15-6-5-13-25-20(15)21(16)26-22(17)19-8-2-4-12-24-19/h1-14H. The van der Waals surface area contributed by atoms with Crippen molar-refractivity contribution in [3.63, 3.8) is 0 Å². The molecule has 4 heteroatoms. The van der Waals surface area contributed by atoms with Crippen LogP contribution in [0.3, 0.4) is 0 Å². The van der Waals surface area contributed by atoms with Crippen LogP contribution in [0.4, 0.5) is 0 Å². The maximum absolute atomic E-state index is 4.98. The number of aromatic nitrogens is 4. The van der Waals surface area contributed by atoms with Crippen LogP contribution in [0.25, 0.3) is 44.5 Å². The van der Waals surface area contributed by atoms with Crippen LogP contribution in [0, 0.1) is 0 Å². The predicted molar refractivity (Wildman–Crippen MR) is 104 cm³/mol. The Bertz CT molecular complexity index is 1220. The second kappa shape index (κ2) is 6.01. The first-order chi connectivity index (χ1) is 12.9. The van der Waals surface area contributed by atoms with Gasteiger partial charge in [-0.2, -0.15) is 0 Å². The zero-order chi connectivity index (χ0) is 17.3. The largest absolute Gasteiger partial charge is 0.256 e. The Hall–Kier alpha value is -3.66. The van der Waals surface area contributed by atoms with E-state index in [0.29, 0.717) is 0 Å². The van der Waals surface area contributed by atoms with E-state index in [9.17, 15) is 0 Å². The van der Waals surface area contributed by atoms with Gasteiger partial charge in [0.25, 0.3) is 0 Å². The smallest absolute Gasteiger partial charge is 0.0988 e. The third-order valence-corrected chi connectivity index (χ3v) is 4.41. The van der Waals surface area contributed by atoms with Crippen molar-refractivity contribution < 1.29 is 0 Å². The van der Waals surface area contributed by atoms with Gasteiger partial charge in [-0.15, -0.1) is 0 Å². The fraction of sp³-hybridized carbons (Fsp3) is 0. The molecule has 0 N–H and O–H groups in total. The van der Waals surface area contributed by atoms with Crippen LogP contribution >= 0.6 is 0 Å². The van der Waals surface area contributed by atoms with Crippen molar-refractivity contribution in [2.45, 2.75) is 0 Å². The van der Waals surface area contributed by atoms with Gasteiger partial charge in [0, 0.05) is 34.9 Å². The summed E-state index contributed by atoms with van der Waals surface area (Å²) in [6.45, 7) is 0. The van der Waals surface area contributed by atoms with E-state index in [4.69, 9.17) is 4.98 Å². The summed E-state index contributed by atoms with van der Waals surface area (Å²) in [6.07, 6.45) is 5.38. The normalized spacial score (nSPS) is 11.1. The Labute approximate surface area is 150 Å². The van der Waals surface area contributed by atoms with Crippen molar-refractivity contribution in [3.8, 4) is 22.6 Å². The first kappa shape index (κ1) is 14.7. The lowest BCUT2D eigenvalue weighted by Gasteiger charge is -2.11. The molecule has 122 valence electrons. The molecular formula is C22H14N4. The van der Waals surface area contributed by atoms with Gasteiger partial charge in [-0.05, 0) is 36.4 Å². The van der Waals surface area contributed by atoms with Gasteiger partial charge in [-0.25, -0.2) is 4.98 Å². The second-order valence-electron chi connectivity index (χ2n) is 6.03. The summed E-state index contributed by atoms with van der Waals surface area (Å²) in [5.41, 5.74) is 5.26. The molecule has 0 aliphatic heterocycles. The first-order valence-electron chi connectivity index (χ1n) is 8.41. The Morgan fingerprint density at radius 1 is 0.538 bits per heavy atom. The SMILES string of the molecule is c1ccc(-c2cc3ccc4cccnc4c3nc2-c2ccccn2)nc1. The van der Waals surface area contributed by atoms with Crippen LogP contribution in [0.15, 0.2) is 85.3 Å². The Kier molecular flexibility index (Phi) is 3.39. The van der Waals surface area contributed by atoms with Crippen molar-refractivity contribution in [2.24, 2.45) is 0 Å². The molecule has 0 saturated heterocycles. The zero-order valence-corrected chi connectivity index (χ0v) is 13.9. The minimum atomic E-state index is 0.815. The van der Waals surface area contributed by atoms with E-state index in [1.165, 1.54) is 0 Å². The van der Waals surface area contributed by atoms with Crippen LogP contribution in [0.5, 0.6) is 0 Å². The van der Waals surface area contributed by atoms with Crippen molar-refractivity contribution in [1.29, 1.82) is 0 Å². The highest BCUT2D eigenvalue weighted by Crippen LogP contribution is 2.33. The number of hydrogen-bond donors (Lipinski definition) is 0. The summed E-state index contributed by atoms with van der Waals surface area (Å²) >= 11 is 0. The number of rotatable bonds is 2. The monoisotopic (exact) mass is 334 g/mol. The molecule has 5 aromatic rings. The molecular weight excluding hydrogens is 320 g/mol. The number of hydrogen-bond acceptors (Lipinski definition) is 4. The molecule has 4 nitrogen and oxygen atoms in total. The van der Waals surface area contributed by atoms with Gasteiger partial charge in [0.15, 0.2) is 0 Å². The molecule has 0 unspecified atom stereocenters. The van der Waals surface area contributed by atoms with Gasteiger partial charge in [-0.1, -0.05) is 30.3 Å². The molecule has 0 fully saturated rings. The summed E-state index contributed by atoms with van der Waals surface area (Å²) in [5.74, 6) is 0. The molecule has 4 aromatic heterocycles. The molecule has 5 rings (SSSR count). The van der Waals surface area contributed by atoms with Gasteiger partial charge in [0.05, 0.1) is 28.1 Å². The van der Waals surface area contributed by atoms with E-state index in [2.05, 4.69) is 39.2 Å². The summed E-state index contributed by atoms with van der Waals surface area (Å²) in [7, 11) is 0. The van der Waals surface area contributed by atoms with Gasteiger partial charge in [-0.3, -0.25) is 15.0 Å². The fourth-order valence-electron chi connectivity index (χ4n) is 3.19. The average molecular weight is 334 g/mol. The van der Waals surface area contributed by atoms with Crippen LogP contribution in [0.1, 0.15) is 0 Å². The highest BCUT2D eigenvalue weighted by Gasteiger charge is 2.14. The Morgan fingerprint density at radius 3 is 2.04 bits per heavy atom. The third kappa shape index (κ3) is 2.40. The van der Waals surface area contributed by atoms with Crippen LogP contribution in [0.2, 0.25) is 0 Å². The summed E-state index contributed by atoms with van der Waals surface area (Å²) in [4.78, 5) is 18.6. The van der Waals surface area contributed by atoms with Gasteiger partial charge in [0.2, 0.25) is 0 Å². The molecule has 0 atom stereocenters. The third-order valence-electron chi connectivity index (χ3n) is 4.41. The highest BCUT2D eigenvalue weighted by atomic mass is 14.8. The maximum Gasteiger partial charge on any atom is 0.0988 e. The van der Waals surface area contributed by atoms with E-state index < -0.39 is 0 Å². The lowest BCUT2D eigenvalue weighted by Crippen LogP contribution is -1.95. The van der Waals surface area contributed by atoms with Gasteiger partial charge < -0.3 is 0 Å². The first-order valence-corrected chi connectivity index (χ1v) is 8.41. The molecule has 0 aliphatic rings. The maximum atomic E-state index is 4.98. The number of pyridine rings is 4. The van der Waals surface area contributed by atoms with Crippen molar-refractivity contribution in [3.05, 3.63) is 85.3 Å². The van der Waals surface area contributed by atoms with E-state index in [1.807, 2.05) is 42.5 Å². The van der Waals surface area contributed by atoms with E-state index in [-0.39, 0.29) is 0 Å². The highest BCUT2D eigenvalue weighted by molar-refractivity contribution is 6.05. The average Bonchev–Trinajstić information content (AvgIpc) is 2.74. The quantitative estimate of drug-likeness (QED) is 0.431. The van der Waals surface area contributed by atoms with Gasteiger partial charge in [0.1, 0.15) is 0 Å². The Morgan fingerprint density at radius 2 is 1.27 bits per heavy atom. The topological polar surface area (TPSA) is 51.6 Å². The van der Waals surface area contributed by atoms with Crippen LogP contribution < -0.4 is 0 Å². The van der Waals surface area contributed by atoms with Gasteiger partial charge >= 0.3 is 0 Å². The number of benzene rings is 1. The molecule has 1 aromatic carbocycles. The summed E-state index contributed by atoms with van der Waals surface area (Å²) in [5, 5.41) is 2.11. The zero-order valence-electron chi connectivity index (χ0n) is 13.9. The van der Waals surface area contributed by atoms with E-state index in [1.54, 1.807) is 18.6 Å². The Balaban J connectivity index is 1.90. The van der Waals surface area contributed by atoms with Crippen LogP contribution in [-0.2, 0) is 0 Å². The summed E-state index contributed by atoms with van der Waals surface area (Å²) in [6, 6.07) is 22.0.